The summed E-state index contributed by atoms with van der Waals surface area (Å²) in [7, 11) is 0. The number of carbonyl (C=O) groups excluding carboxylic acids is 4. The highest BCUT2D eigenvalue weighted by Gasteiger charge is 2.49. The number of imide groups is 1. The number of nitrogens with zero attached hydrogens (tertiary/aromatic N) is 1. The fraction of sp³-hybridized carbons (Fsp3) is 0.226. The standard InChI is InChI=1S/C31H29N3O4/c1-20-11-17-24-26(19-20)31(38)34(30(24)37)27-10-6-5-9-25(27)29(36)33-23-15-13-22(14-16-23)32-28(35)18-12-21-7-3-2-4-8-21/h2-11,13-16,24,26H,12,17-19H2,1H3,(H,32,35)(H,33,36)/t24-,26+/m1/s1. The van der Waals surface area contributed by atoms with Crippen LogP contribution in [0.3, 0.4) is 0 Å². The van der Waals surface area contributed by atoms with E-state index in [1.807, 2.05) is 43.3 Å². The molecule has 1 aliphatic carbocycles. The van der Waals surface area contributed by atoms with Gasteiger partial charge >= 0.3 is 0 Å². The van der Waals surface area contributed by atoms with Crippen LogP contribution in [0.25, 0.3) is 0 Å². The van der Waals surface area contributed by atoms with Crippen molar-refractivity contribution in [3.05, 3.63) is 102 Å². The number of nitrogens with one attached hydrogen (secondary N) is 2. The summed E-state index contributed by atoms with van der Waals surface area (Å²) in [5.74, 6) is -1.77. The van der Waals surface area contributed by atoms with Crippen LogP contribution in [0.4, 0.5) is 17.1 Å². The lowest BCUT2D eigenvalue weighted by atomic mass is 9.82. The van der Waals surface area contributed by atoms with Crippen LogP contribution in [-0.4, -0.2) is 23.6 Å². The first-order valence-electron chi connectivity index (χ1n) is 12.8. The lowest BCUT2D eigenvalue weighted by Gasteiger charge is -2.19. The molecule has 0 saturated carbocycles. The van der Waals surface area contributed by atoms with Crippen LogP contribution in [0.15, 0.2) is 90.5 Å². The minimum absolute atomic E-state index is 0.0922. The van der Waals surface area contributed by atoms with Gasteiger partial charge in [0.05, 0.1) is 23.1 Å². The van der Waals surface area contributed by atoms with E-state index in [0.717, 1.165) is 11.1 Å². The number of para-hydroxylation sites is 1. The van der Waals surface area contributed by atoms with E-state index in [1.54, 1.807) is 48.5 Å². The highest BCUT2D eigenvalue weighted by Crippen LogP contribution is 2.40. The van der Waals surface area contributed by atoms with E-state index in [2.05, 4.69) is 10.6 Å². The smallest absolute Gasteiger partial charge is 0.257 e. The van der Waals surface area contributed by atoms with Gasteiger partial charge in [-0.3, -0.25) is 19.2 Å². The minimum atomic E-state index is -0.426. The molecule has 1 aliphatic heterocycles. The molecule has 0 spiro atoms. The molecule has 7 nitrogen and oxygen atoms in total. The summed E-state index contributed by atoms with van der Waals surface area (Å²) < 4.78 is 0. The van der Waals surface area contributed by atoms with E-state index in [0.29, 0.717) is 42.7 Å². The second-order valence-electron chi connectivity index (χ2n) is 9.80. The van der Waals surface area contributed by atoms with Gasteiger partial charge in [0.2, 0.25) is 17.7 Å². The summed E-state index contributed by atoms with van der Waals surface area (Å²) in [5, 5.41) is 5.71. The highest BCUT2D eigenvalue weighted by atomic mass is 16.2. The van der Waals surface area contributed by atoms with Crippen molar-refractivity contribution in [2.24, 2.45) is 11.8 Å². The zero-order valence-corrected chi connectivity index (χ0v) is 21.1. The number of aryl methyl sites for hydroxylation is 1. The molecule has 2 N–H and O–H groups in total. The first-order valence-corrected chi connectivity index (χ1v) is 12.8. The number of anilines is 3. The summed E-state index contributed by atoms with van der Waals surface area (Å²) in [6, 6.07) is 23.3. The molecule has 5 rings (SSSR count). The van der Waals surface area contributed by atoms with E-state index in [9.17, 15) is 19.2 Å². The SMILES string of the molecule is CC1=CC[C@H]2C(=O)N(c3ccccc3C(=O)Nc3ccc(NC(=O)CCc4ccccc4)cc3)C(=O)[C@H]2C1. The van der Waals surface area contributed by atoms with E-state index in [1.165, 1.54) is 4.90 Å². The van der Waals surface area contributed by atoms with E-state index in [-0.39, 0.29) is 35.1 Å². The number of allylic oxidation sites excluding steroid dienone is 2. The summed E-state index contributed by atoms with van der Waals surface area (Å²) in [4.78, 5) is 53.1. The van der Waals surface area contributed by atoms with Crippen molar-refractivity contribution in [3.8, 4) is 0 Å². The third kappa shape index (κ3) is 5.27. The Kier molecular flexibility index (Phi) is 7.18. The van der Waals surface area contributed by atoms with Gasteiger partial charge in [0.15, 0.2) is 0 Å². The second-order valence-corrected chi connectivity index (χ2v) is 9.80. The first kappa shape index (κ1) is 25.1. The quantitative estimate of drug-likeness (QED) is 0.333. The first-order chi connectivity index (χ1) is 18.4. The van der Waals surface area contributed by atoms with Crippen LogP contribution in [0.1, 0.15) is 42.1 Å². The predicted molar refractivity (Wildman–Crippen MR) is 147 cm³/mol. The molecule has 2 atom stereocenters. The average molecular weight is 508 g/mol. The number of carbonyl (C=O) groups is 4. The molecule has 4 amide bonds. The topological polar surface area (TPSA) is 95.6 Å². The lowest BCUT2D eigenvalue weighted by molar-refractivity contribution is -0.122. The third-order valence-electron chi connectivity index (χ3n) is 7.12. The Morgan fingerprint density at radius 3 is 2.18 bits per heavy atom. The number of amides is 4. The van der Waals surface area contributed by atoms with Crippen LogP contribution in [0, 0.1) is 11.8 Å². The maximum absolute atomic E-state index is 13.2. The molecule has 192 valence electrons. The van der Waals surface area contributed by atoms with Crippen molar-refractivity contribution in [1.29, 1.82) is 0 Å². The monoisotopic (exact) mass is 507 g/mol. The maximum atomic E-state index is 13.2. The van der Waals surface area contributed by atoms with E-state index in [4.69, 9.17) is 0 Å². The summed E-state index contributed by atoms with van der Waals surface area (Å²) in [6.07, 6.45) is 4.14. The predicted octanol–water partition coefficient (Wildman–Crippen LogP) is 5.36. The largest absolute Gasteiger partial charge is 0.326 e. The Labute approximate surface area is 221 Å². The Bertz CT molecular complexity index is 1410. The van der Waals surface area contributed by atoms with E-state index >= 15 is 0 Å². The van der Waals surface area contributed by atoms with Gasteiger partial charge in [-0.05, 0) is 68.1 Å². The van der Waals surface area contributed by atoms with Crippen LogP contribution in [0.2, 0.25) is 0 Å². The Morgan fingerprint density at radius 1 is 0.816 bits per heavy atom. The van der Waals surface area contributed by atoms with Gasteiger partial charge < -0.3 is 10.6 Å². The molecule has 1 saturated heterocycles. The Hall–Kier alpha value is -4.52. The molecule has 38 heavy (non-hydrogen) atoms. The third-order valence-corrected chi connectivity index (χ3v) is 7.12. The van der Waals surface area contributed by atoms with Crippen LogP contribution >= 0.6 is 0 Å². The number of hydrogen-bond acceptors (Lipinski definition) is 4. The van der Waals surface area contributed by atoms with Gasteiger partial charge in [-0.25, -0.2) is 4.90 Å². The van der Waals surface area contributed by atoms with Gasteiger partial charge in [0, 0.05) is 17.8 Å². The van der Waals surface area contributed by atoms with Crippen LogP contribution in [0.5, 0.6) is 0 Å². The van der Waals surface area contributed by atoms with Gasteiger partial charge in [-0.15, -0.1) is 0 Å². The number of rotatable bonds is 7. The van der Waals surface area contributed by atoms with Gasteiger partial charge in [0.1, 0.15) is 0 Å². The zero-order chi connectivity index (χ0) is 26.6. The van der Waals surface area contributed by atoms with Gasteiger partial charge in [-0.1, -0.05) is 54.1 Å². The van der Waals surface area contributed by atoms with Crippen molar-refractivity contribution in [2.75, 3.05) is 15.5 Å². The van der Waals surface area contributed by atoms with Crippen molar-refractivity contribution in [3.63, 3.8) is 0 Å². The van der Waals surface area contributed by atoms with Crippen LogP contribution in [-0.2, 0) is 20.8 Å². The van der Waals surface area contributed by atoms with Crippen molar-refractivity contribution in [1.82, 2.24) is 0 Å². The summed E-state index contributed by atoms with van der Waals surface area (Å²) in [6.45, 7) is 1.97. The number of hydrogen-bond donors (Lipinski definition) is 2. The minimum Gasteiger partial charge on any atom is -0.326 e. The lowest BCUT2D eigenvalue weighted by Crippen LogP contribution is -2.33. The molecule has 3 aromatic carbocycles. The molecule has 0 aromatic heterocycles. The summed E-state index contributed by atoms with van der Waals surface area (Å²) in [5.41, 5.74) is 3.91. The fourth-order valence-corrected chi connectivity index (χ4v) is 5.10. The van der Waals surface area contributed by atoms with Crippen molar-refractivity contribution in [2.45, 2.75) is 32.6 Å². The molecule has 7 heteroatoms. The molecule has 2 aliphatic rings. The van der Waals surface area contributed by atoms with Crippen molar-refractivity contribution < 1.29 is 19.2 Å². The van der Waals surface area contributed by atoms with Gasteiger partial charge in [0.25, 0.3) is 5.91 Å². The number of fused-ring (bicyclic) bond motifs is 1. The van der Waals surface area contributed by atoms with Crippen molar-refractivity contribution >= 4 is 40.7 Å². The molecule has 0 radical (unpaired) electrons. The van der Waals surface area contributed by atoms with Gasteiger partial charge in [-0.2, -0.15) is 0 Å². The summed E-state index contributed by atoms with van der Waals surface area (Å²) >= 11 is 0. The van der Waals surface area contributed by atoms with Crippen LogP contribution < -0.4 is 15.5 Å². The zero-order valence-electron chi connectivity index (χ0n) is 21.1. The molecule has 0 bridgehead atoms. The molecule has 1 heterocycles. The highest BCUT2D eigenvalue weighted by molar-refractivity contribution is 6.25. The Balaban J connectivity index is 1.24. The van der Waals surface area contributed by atoms with E-state index < -0.39 is 5.91 Å². The molecular formula is C31H29N3O4. The Morgan fingerprint density at radius 2 is 1.45 bits per heavy atom. The molecule has 0 unspecified atom stereocenters. The second kappa shape index (κ2) is 10.8. The fourth-order valence-electron chi connectivity index (χ4n) is 5.10. The number of benzene rings is 3. The normalized spacial score (nSPS) is 18.6. The maximum Gasteiger partial charge on any atom is 0.257 e. The molecule has 3 aromatic rings. The molecule has 1 fully saturated rings. The molecular weight excluding hydrogens is 478 g/mol. The average Bonchev–Trinajstić information content (AvgIpc) is 3.17.